The lowest BCUT2D eigenvalue weighted by Crippen LogP contribution is -2.33. The number of H-pyrrole nitrogens is 1. The molecule has 2 aromatic rings. The lowest BCUT2D eigenvalue weighted by atomic mass is 10.2. The van der Waals surface area contributed by atoms with Crippen molar-refractivity contribution in [1.82, 2.24) is 9.55 Å². The lowest BCUT2D eigenvalue weighted by molar-refractivity contribution is -0.0443. The molecule has 7 nitrogen and oxygen atoms in total. The summed E-state index contributed by atoms with van der Waals surface area (Å²) in [5.74, 6) is 0. The van der Waals surface area contributed by atoms with E-state index in [1.807, 2.05) is 0 Å². The molecule has 3 N–H and O–H groups in total. The van der Waals surface area contributed by atoms with Crippen LogP contribution in [0.3, 0.4) is 0 Å². The fraction of sp³-hybridized carbons (Fsp3) is 0.385. The van der Waals surface area contributed by atoms with Crippen molar-refractivity contribution in [1.29, 1.82) is 0 Å². The summed E-state index contributed by atoms with van der Waals surface area (Å²) in [7, 11) is 0. The van der Waals surface area contributed by atoms with Crippen molar-refractivity contribution in [2.75, 3.05) is 6.61 Å². The summed E-state index contributed by atoms with van der Waals surface area (Å²) < 4.78 is 6.73. The molecule has 0 bridgehead atoms. The van der Waals surface area contributed by atoms with Crippen LogP contribution in [-0.2, 0) is 4.74 Å². The maximum absolute atomic E-state index is 12.1. The van der Waals surface area contributed by atoms with E-state index in [1.165, 1.54) is 10.6 Å². The molecule has 0 spiro atoms. The number of hydrogen-bond acceptors (Lipinski definition) is 5. The molecule has 0 amide bonds. The highest BCUT2D eigenvalue weighted by molar-refractivity contribution is 6.31. The molecule has 1 saturated heterocycles. The molecule has 3 rings (SSSR count). The van der Waals surface area contributed by atoms with Gasteiger partial charge in [-0.25, -0.2) is 4.79 Å². The molecule has 0 unspecified atom stereocenters. The summed E-state index contributed by atoms with van der Waals surface area (Å²) in [6.45, 7) is -0.348. The van der Waals surface area contributed by atoms with E-state index in [0.29, 0.717) is 10.5 Å². The molecular formula is C13H13ClN2O5. The smallest absolute Gasteiger partial charge is 0.330 e. The molecule has 1 aliphatic heterocycles. The van der Waals surface area contributed by atoms with Crippen molar-refractivity contribution in [2.24, 2.45) is 0 Å². The topological polar surface area (TPSA) is 105 Å². The van der Waals surface area contributed by atoms with E-state index in [9.17, 15) is 14.7 Å². The summed E-state index contributed by atoms with van der Waals surface area (Å²) in [5.41, 5.74) is -0.805. The first-order valence-electron chi connectivity index (χ1n) is 6.39. The van der Waals surface area contributed by atoms with Crippen LogP contribution in [-0.4, -0.2) is 38.6 Å². The Morgan fingerprint density at radius 3 is 2.86 bits per heavy atom. The number of ether oxygens (including phenoxy) is 1. The fourth-order valence-corrected chi connectivity index (χ4v) is 2.73. The molecule has 21 heavy (non-hydrogen) atoms. The fourth-order valence-electron chi connectivity index (χ4n) is 2.56. The van der Waals surface area contributed by atoms with Crippen LogP contribution in [0.25, 0.3) is 10.9 Å². The van der Waals surface area contributed by atoms with Gasteiger partial charge in [-0.3, -0.25) is 14.3 Å². The number of benzene rings is 1. The van der Waals surface area contributed by atoms with E-state index >= 15 is 0 Å². The zero-order valence-corrected chi connectivity index (χ0v) is 11.6. The second kappa shape index (κ2) is 5.27. The number of rotatable bonds is 2. The third kappa shape index (κ3) is 2.38. The van der Waals surface area contributed by atoms with E-state index in [1.54, 1.807) is 12.1 Å². The average Bonchev–Trinajstić information content (AvgIpc) is 2.80. The summed E-state index contributed by atoms with van der Waals surface area (Å²) in [4.78, 5) is 26.1. The number of halogens is 1. The number of hydrogen-bond donors (Lipinski definition) is 3. The van der Waals surface area contributed by atoms with Crippen LogP contribution < -0.4 is 11.2 Å². The van der Waals surface area contributed by atoms with E-state index in [0.717, 1.165) is 0 Å². The molecule has 0 aliphatic carbocycles. The predicted molar refractivity (Wildman–Crippen MR) is 75.5 cm³/mol. The van der Waals surface area contributed by atoms with Crippen molar-refractivity contribution in [2.45, 2.75) is 24.9 Å². The average molecular weight is 313 g/mol. The third-order valence-electron chi connectivity index (χ3n) is 3.57. The second-order valence-electron chi connectivity index (χ2n) is 4.91. The van der Waals surface area contributed by atoms with Gasteiger partial charge in [0.15, 0.2) is 0 Å². The molecule has 3 atom stereocenters. The van der Waals surface area contributed by atoms with Crippen LogP contribution in [0.2, 0.25) is 5.02 Å². The van der Waals surface area contributed by atoms with Crippen molar-refractivity contribution < 1.29 is 14.9 Å². The minimum Gasteiger partial charge on any atom is -0.394 e. The number of nitrogens with zero attached hydrogens (tertiary/aromatic N) is 1. The Morgan fingerprint density at radius 2 is 2.19 bits per heavy atom. The van der Waals surface area contributed by atoms with Gasteiger partial charge in [-0.2, -0.15) is 0 Å². The molecule has 0 radical (unpaired) electrons. The minimum atomic E-state index is -0.874. The first kappa shape index (κ1) is 14.3. The van der Waals surface area contributed by atoms with Gasteiger partial charge in [-0.05, 0) is 18.2 Å². The van der Waals surface area contributed by atoms with Crippen molar-refractivity contribution >= 4 is 22.5 Å². The van der Waals surface area contributed by atoms with Gasteiger partial charge in [-0.15, -0.1) is 0 Å². The molecule has 1 aromatic heterocycles. The van der Waals surface area contributed by atoms with Crippen LogP contribution in [0, 0.1) is 0 Å². The Kier molecular flexibility index (Phi) is 3.58. The van der Waals surface area contributed by atoms with Gasteiger partial charge in [-0.1, -0.05) is 11.6 Å². The summed E-state index contributed by atoms with van der Waals surface area (Å²) in [5, 5.41) is 19.5. The van der Waals surface area contributed by atoms with Crippen molar-refractivity contribution in [3.8, 4) is 0 Å². The number of aromatic nitrogens is 2. The standard InChI is InChI=1S/C13H13ClN2O5/c14-6-1-2-8-7(3-6)12(19)15-13(20)16(8)11-4-9(18)10(5-17)21-11/h1-3,9-11,17-18H,4-5H2,(H,15,19,20)/t9-,10+,11+/m0/s1. The molecule has 0 saturated carbocycles. The van der Waals surface area contributed by atoms with Gasteiger partial charge in [0.2, 0.25) is 0 Å². The third-order valence-corrected chi connectivity index (χ3v) is 3.81. The maximum Gasteiger partial charge on any atom is 0.330 e. The second-order valence-corrected chi connectivity index (χ2v) is 5.34. The van der Waals surface area contributed by atoms with Gasteiger partial charge in [0.1, 0.15) is 12.3 Å². The van der Waals surface area contributed by atoms with Gasteiger partial charge >= 0.3 is 5.69 Å². The molecule has 1 fully saturated rings. The Balaban J connectivity index is 2.19. The van der Waals surface area contributed by atoms with Crippen LogP contribution in [0.4, 0.5) is 0 Å². The number of nitrogens with one attached hydrogen (secondary N) is 1. The maximum atomic E-state index is 12.1. The molecule has 112 valence electrons. The Labute approximate surface area is 123 Å². The number of fused-ring (bicyclic) bond motifs is 1. The van der Waals surface area contributed by atoms with Crippen LogP contribution in [0.5, 0.6) is 0 Å². The van der Waals surface area contributed by atoms with Gasteiger partial charge in [0.25, 0.3) is 5.56 Å². The summed E-state index contributed by atoms with van der Waals surface area (Å²) in [6, 6.07) is 4.57. The van der Waals surface area contributed by atoms with E-state index in [4.69, 9.17) is 21.4 Å². The molecular weight excluding hydrogens is 300 g/mol. The zero-order valence-electron chi connectivity index (χ0n) is 10.8. The first-order valence-corrected chi connectivity index (χ1v) is 6.77. The number of aliphatic hydroxyl groups is 2. The largest absolute Gasteiger partial charge is 0.394 e. The highest BCUT2D eigenvalue weighted by Gasteiger charge is 2.35. The van der Waals surface area contributed by atoms with Gasteiger partial charge in [0, 0.05) is 11.4 Å². The van der Waals surface area contributed by atoms with E-state index in [2.05, 4.69) is 4.98 Å². The highest BCUT2D eigenvalue weighted by atomic mass is 35.5. The van der Waals surface area contributed by atoms with Crippen LogP contribution >= 0.6 is 11.6 Å². The quantitative estimate of drug-likeness (QED) is 0.723. The number of aromatic amines is 1. The Morgan fingerprint density at radius 1 is 1.43 bits per heavy atom. The summed E-state index contributed by atoms with van der Waals surface area (Å²) >= 11 is 5.87. The normalized spacial score (nSPS) is 25.6. The SMILES string of the molecule is O=c1[nH]c(=O)n([C@H]2C[C@H](O)[C@@H](CO)O2)c2ccc(Cl)cc12. The summed E-state index contributed by atoms with van der Waals surface area (Å²) in [6.07, 6.45) is -2.24. The molecule has 2 heterocycles. The van der Waals surface area contributed by atoms with Gasteiger partial charge < -0.3 is 14.9 Å². The van der Waals surface area contributed by atoms with E-state index in [-0.39, 0.29) is 18.4 Å². The van der Waals surface area contributed by atoms with Crippen LogP contribution in [0.1, 0.15) is 12.6 Å². The lowest BCUT2D eigenvalue weighted by Gasteiger charge is -2.16. The van der Waals surface area contributed by atoms with Crippen LogP contribution in [0.15, 0.2) is 27.8 Å². The van der Waals surface area contributed by atoms with Crippen molar-refractivity contribution in [3.63, 3.8) is 0 Å². The van der Waals surface area contributed by atoms with Gasteiger partial charge in [0.05, 0.1) is 23.6 Å². The minimum absolute atomic E-state index is 0.148. The Hall–Kier alpha value is -1.67. The van der Waals surface area contributed by atoms with Crippen molar-refractivity contribution in [3.05, 3.63) is 44.1 Å². The zero-order chi connectivity index (χ0) is 15.1. The molecule has 1 aromatic carbocycles. The Bertz CT molecular complexity index is 799. The molecule has 1 aliphatic rings. The van der Waals surface area contributed by atoms with E-state index < -0.39 is 29.7 Å². The molecule has 8 heteroatoms. The number of aliphatic hydroxyl groups excluding tert-OH is 2. The predicted octanol–water partition coefficient (Wildman–Crippen LogP) is -0.0161. The monoisotopic (exact) mass is 312 g/mol. The highest BCUT2D eigenvalue weighted by Crippen LogP contribution is 2.29. The first-order chi connectivity index (χ1) is 10.0.